The fraction of sp³-hybridized carbons (Fsp3) is 0.263. The molecule has 2 N–H and O–H groups in total. The van der Waals surface area contributed by atoms with Gasteiger partial charge in [0.25, 0.3) is 0 Å². The molecule has 1 amide bonds. The summed E-state index contributed by atoms with van der Waals surface area (Å²) in [4.78, 5) is 24.1. The highest BCUT2D eigenvalue weighted by Crippen LogP contribution is 2.27. The van der Waals surface area contributed by atoms with Crippen LogP contribution in [0.5, 0.6) is 5.75 Å². The van der Waals surface area contributed by atoms with Crippen LogP contribution in [0.4, 0.5) is 11.4 Å². The van der Waals surface area contributed by atoms with Crippen molar-refractivity contribution >= 4 is 34.9 Å². The minimum absolute atomic E-state index is 0.214. The van der Waals surface area contributed by atoms with Crippen LogP contribution in [-0.2, 0) is 9.53 Å². The summed E-state index contributed by atoms with van der Waals surface area (Å²) in [7, 11) is 1.55. The lowest BCUT2D eigenvalue weighted by Crippen LogP contribution is -2.18. The maximum Gasteiger partial charge on any atom is 0.340 e. The second-order valence-electron chi connectivity index (χ2n) is 5.34. The quantitative estimate of drug-likeness (QED) is 0.682. The summed E-state index contributed by atoms with van der Waals surface area (Å²) in [6, 6.07) is 12.0. The van der Waals surface area contributed by atoms with Gasteiger partial charge in [-0.05, 0) is 37.3 Å². The maximum absolute atomic E-state index is 12.2. The van der Waals surface area contributed by atoms with Crippen LogP contribution in [0, 0.1) is 0 Å². The summed E-state index contributed by atoms with van der Waals surface area (Å²) in [5.41, 5.74) is 1.55. The number of methoxy groups -OCH3 is 1. The third kappa shape index (κ3) is 5.39. The zero-order chi connectivity index (χ0) is 18.9. The number of carbonyl (C=O) groups excluding carboxylic acids is 2. The van der Waals surface area contributed by atoms with Gasteiger partial charge in [0.15, 0.2) is 0 Å². The Hall–Kier alpha value is -2.73. The van der Waals surface area contributed by atoms with Crippen molar-refractivity contribution in [2.24, 2.45) is 0 Å². The summed E-state index contributed by atoms with van der Waals surface area (Å²) in [5, 5.41) is 6.35. The molecular weight excluding hydrogens is 356 g/mol. The molecule has 0 atom stereocenters. The highest BCUT2D eigenvalue weighted by atomic mass is 35.5. The topological polar surface area (TPSA) is 76.7 Å². The molecule has 2 aromatic carbocycles. The van der Waals surface area contributed by atoms with Crippen LogP contribution in [0.25, 0.3) is 0 Å². The van der Waals surface area contributed by atoms with E-state index in [-0.39, 0.29) is 18.9 Å². The Morgan fingerprint density at radius 1 is 1.15 bits per heavy atom. The SMILES string of the molecule is CCOC(=O)c1ccccc1NC(=O)CCNc1ccc(OC)c(Cl)c1. The van der Waals surface area contributed by atoms with Crippen molar-refractivity contribution in [2.45, 2.75) is 13.3 Å². The Morgan fingerprint density at radius 2 is 1.92 bits per heavy atom. The summed E-state index contributed by atoms with van der Waals surface area (Å²) >= 11 is 6.06. The number of ether oxygens (including phenoxy) is 2. The van der Waals surface area contributed by atoms with E-state index in [0.29, 0.717) is 28.6 Å². The fourth-order valence-corrected chi connectivity index (χ4v) is 2.55. The van der Waals surface area contributed by atoms with E-state index >= 15 is 0 Å². The van der Waals surface area contributed by atoms with Crippen LogP contribution in [-0.4, -0.2) is 32.1 Å². The van der Waals surface area contributed by atoms with Gasteiger partial charge in [-0.25, -0.2) is 4.79 Å². The Bertz CT molecular complexity index is 780. The number of hydrogen-bond donors (Lipinski definition) is 2. The molecule has 2 rings (SSSR count). The molecule has 0 aliphatic rings. The maximum atomic E-state index is 12.2. The number of para-hydroxylation sites is 1. The van der Waals surface area contributed by atoms with Crippen molar-refractivity contribution < 1.29 is 19.1 Å². The van der Waals surface area contributed by atoms with E-state index in [1.54, 1.807) is 50.4 Å². The van der Waals surface area contributed by atoms with E-state index in [1.165, 1.54) is 0 Å². The van der Waals surface area contributed by atoms with Gasteiger partial charge in [-0.2, -0.15) is 0 Å². The van der Waals surface area contributed by atoms with Gasteiger partial charge >= 0.3 is 5.97 Å². The molecule has 0 fully saturated rings. The van der Waals surface area contributed by atoms with Crippen molar-refractivity contribution in [3.05, 3.63) is 53.1 Å². The van der Waals surface area contributed by atoms with E-state index in [4.69, 9.17) is 21.1 Å². The summed E-state index contributed by atoms with van der Waals surface area (Å²) < 4.78 is 10.1. The van der Waals surface area contributed by atoms with E-state index < -0.39 is 5.97 Å². The molecule has 0 saturated carbocycles. The second kappa shape index (κ2) is 9.68. The molecule has 0 radical (unpaired) electrons. The molecule has 2 aromatic rings. The smallest absolute Gasteiger partial charge is 0.340 e. The molecule has 0 aliphatic heterocycles. The minimum Gasteiger partial charge on any atom is -0.495 e. The number of nitrogens with one attached hydrogen (secondary N) is 2. The van der Waals surface area contributed by atoms with Crippen LogP contribution in [0.1, 0.15) is 23.7 Å². The van der Waals surface area contributed by atoms with E-state index in [1.807, 2.05) is 6.07 Å². The molecular formula is C19H21ClN2O4. The zero-order valence-corrected chi connectivity index (χ0v) is 15.4. The van der Waals surface area contributed by atoms with Gasteiger partial charge in [0, 0.05) is 18.7 Å². The Morgan fingerprint density at radius 3 is 2.62 bits per heavy atom. The van der Waals surface area contributed by atoms with Crippen molar-refractivity contribution in [3.8, 4) is 5.75 Å². The predicted molar refractivity (Wildman–Crippen MR) is 102 cm³/mol. The lowest BCUT2D eigenvalue weighted by Gasteiger charge is -2.11. The number of anilines is 2. The zero-order valence-electron chi connectivity index (χ0n) is 14.7. The highest BCUT2D eigenvalue weighted by Gasteiger charge is 2.13. The third-order valence-electron chi connectivity index (χ3n) is 3.53. The molecule has 0 unspecified atom stereocenters. The van der Waals surface area contributed by atoms with Crippen molar-refractivity contribution in [2.75, 3.05) is 30.9 Å². The van der Waals surface area contributed by atoms with Crippen LogP contribution in [0.15, 0.2) is 42.5 Å². The molecule has 0 saturated heterocycles. The van der Waals surface area contributed by atoms with Gasteiger partial charge in [-0.3, -0.25) is 4.79 Å². The molecule has 0 aromatic heterocycles. The Kier molecular flexibility index (Phi) is 7.29. The molecule has 0 bridgehead atoms. The molecule has 138 valence electrons. The minimum atomic E-state index is -0.464. The first kappa shape index (κ1) is 19.6. The number of benzene rings is 2. The number of carbonyl (C=O) groups is 2. The van der Waals surface area contributed by atoms with Crippen LogP contribution in [0.3, 0.4) is 0 Å². The second-order valence-corrected chi connectivity index (χ2v) is 5.75. The van der Waals surface area contributed by atoms with Crippen LogP contribution >= 0.6 is 11.6 Å². The van der Waals surface area contributed by atoms with Crippen molar-refractivity contribution in [3.63, 3.8) is 0 Å². The largest absolute Gasteiger partial charge is 0.495 e. The third-order valence-corrected chi connectivity index (χ3v) is 3.82. The standard InChI is InChI=1S/C19H21ClN2O4/c1-3-26-19(24)14-6-4-5-7-16(14)22-18(23)10-11-21-13-8-9-17(25-2)15(20)12-13/h4-9,12,21H,3,10-11H2,1-2H3,(H,22,23). The van der Waals surface area contributed by atoms with Crippen molar-refractivity contribution in [1.29, 1.82) is 0 Å². The van der Waals surface area contributed by atoms with Gasteiger partial charge in [0.05, 0.1) is 30.0 Å². The summed E-state index contributed by atoms with van der Waals surface area (Å²) in [6.07, 6.45) is 0.223. The first-order valence-corrected chi connectivity index (χ1v) is 8.56. The molecule has 6 nitrogen and oxygen atoms in total. The van der Waals surface area contributed by atoms with Gasteiger partial charge in [-0.1, -0.05) is 23.7 Å². The molecule has 0 aliphatic carbocycles. The number of rotatable bonds is 8. The monoisotopic (exact) mass is 376 g/mol. The normalized spacial score (nSPS) is 10.1. The Labute approximate surface area is 157 Å². The Balaban J connectivity index is 1.90. The van der Waals surface area contributed by atoms with Crippen LogP contribution < -0.4 is 15.4 Å². The average Bonchev–Trinajstić information content (AvgIpc) is 2.62. The van der Waals surface area contributed by atoms with Gasteiger partial charge in [-0.15, -0.1) is 0 Å². The van der Waals surface area contributed by atoms with Gasteiger partial charge in [0.2, 0.25) is 5.91 Å². The fourth-order valence-electron chi connectivity index (χ4n) is 2.29. The number of esters is 1. The van der Waals surface area contributed by atoms with E-state index in [0.717, 1.165) is 5.69 Å². The van der Waals surface area contributed by atoms with Gasteiger partial charge < -0.3 is 20.1 Å². The lowest BCUT2D eigenvalue weighted by atomic mass is 10.1. The average molecular weight is 377 g/mol. The predicted octanol–water partition coefficient (Wildman–Crippen LogP) is 3.97. The lowest BCUT2D eigenvalue weighted by molar-refractivity contribution is -0.115. The number of amides is 1. The van der Waals surface area contributed by atoms with Crippen LogP contribution in [0.2, 0.25) is 5.02 Å². The molecule has 26 heavy (non-hydrogen) atoms. The van der Waals surface area contributed by atoms with Gasteiger partial charge in [0.1, 0.15) is 5.75 Å². The molecule has 0 heterocycles. The summed E-state index contributed by atoms with van der Waals surface area (Å²) in [5.74, 6) is -0.0891. The molecule has 0 spiro atoms. The van der Waals surface area contributed by atoms with Crippen molar-refractivity contribution in [1.82, 2.24) is 0 Å². The number of hydrogen-bond acceptors (Lipinski definition) is 5. The number of halogens is 1. The summed E-state index contributed by atoms with van der Waals surface area (Å²) in [6.45, 7) is 2.42. The first-order valence-electron chi connectivity index (χ1n) is 8.18. The van der Waals surface area contributed by atoms with E-state index in [9.17, 15) is 9.59 Å². The van der Waals surface area contributed by atoms with E-state index in [2.05, 4.69) is 10.6 Å². The highest BCUT2D eigenvalue weighted by molar-refractivity contribution is 6.32. The first-order chi connectivity index (χ1) is 12.5. The molecule has 7 heteroatoms.